The van der Waals surface area contributed by atoms with Crippen molar-refractivity contribution in [1.29, 1.82) is 0 Å². The highest BCUT2D eigenvalue weighted by molar-refractivity contribution is 5.92. The molecule has 0 saturated carbocycles. The molecule has 0 saturated heterocycles. The van der Waals surface area contributed by atoms with Crippen LogP contribution in [-0.4, -0.2) is 38.1 Å². The Bertz CT molecular complexity index is 399. The van der Waals surface area contributed by atoms with Gasteiger partial charge in [0, 0.05) is 0 Å². The number of anilines is 1. The first-order valence-electron chi connectivity index (χ1n) is 4.74. The van der Waals surface area contributed by atoms with Crippen molar-refractivity contribution in [2.24, 2.45) is 0 Å². The van der Waals surface area contributed by atoms with E-state index in [0.717, 1.165) is 0 Å². The van der Waals surface area contributed by atoms with Gasteiger partial charge in [-0.15, -0.1) is 0 Å². The molecule has 17 heavy (non-hydrogen) atoms. The number of methoxy groups -OCH3 is 2. The molecule has 0 aliphatic heterocycles. The van der Waals surface area contributed by atoms with E-state index in [1.54, 1.807) is 0 Å². The second kappa shape index (κ2) is 5.97. The molecule has 0 spiro atoms. The van der Waals surface area contributed by atoms with Gasteiger partial charge in [-0.05, 0) is 12.1 Å². The Kier molecular flexibility index (Phi) is 4.62. The summed E-state index contributed by atoms with van der Waals surface area (Å²) < 4.78 is 33.3. The smallest absolute Gasteiger partial charge is 0.343 e. The number of carbonyl (C=O) groups is 1. The van der Waals surface area contributed by atoms with Gasteiger partial charge < -0.3 is 14.8 Å². The number of nitrogens with one attached hydrogen (secondary N) is 1. The molecule has 0 aliphatic rings. The number of rotatable bonds is 5. The molecule has 0 bridgehead atoms. The fourth-order valence-electron chi connectivity index (χ4n) is 1.14. The van der Waals surface area contributed by atoms with Crippen molar-refractivity contribution >= 4 is 11.8 Å². The van der Waals surface area contributed by atoms with Gasteiger partial charge in [-0.25, -0.2) is 13.6 Å². The van der Waals surface area contributed by atoms with E-state index in [9.17, 15) is 13.6 Å². The van der Waals surface area contributed by atoms with Crippen molar-refractivity contribution in [2.75, 3.05) is 26.1 Å². The lowest BCUT2D eigenvalue weighted by molar-refractivity contribution is 0.0596. The molecule has 0 fully saturated rings. The molecule has 0 radical (unpaired) electrons. The lowest BCUT2D eigenvalue weighted by Gasteiger charge is -2.09. The normalized spacial score (nSPS) is 10.2. The topological polar surface area (TPSA) is 60.5 Å². The third-order valence-corrected chi connectivity index (χ3v) is 1.90. The summed E-state index contributed by atoms with van der Waals surface area (Å²) in [5.41, 5.74) is 0.137. The van der Waals surface area contributed by atoms with Gasteiger partial charge in [0.15, 0.2) is 0 Å². The minimum Gasteiger partial charge on any atom is -0.480 e. The van der Waals surface area contributed by atoms with Crippen molar-refractivity contribution in [3.63, 3.8) is 0 Å². The highest BCUT2D eigenvalue weighted by atomic mass is 19.3. The van der Waals surface area contributed by atoms with Crippen molar-refractivity contribution in [2.45, 2.75) is 6.43 Å². The molecule has 1 aromatic rings. The molecule has 7 heteroatoms. The highest BCUT2D eigenvalue weighted by Crippen LogP contribution is 2.19. The molecule has 0 atom stereocenters. The van der Waals surface area contributed by atoms with E-state index in [0.29, 0.717) is 0 Å². The van der Waals surface area contributed by atoms with E-state index in [4.69, 9.17) is 4.74 Å². The Morgan fingerprint density at radius 2 is 2.18 bits per heavy atom. The highest BCUT2D eigenvalue weighted by Gasteiger charge is 2.14. The van der Waals surface area contributed by atoms with Crippen LogP contribution >= 0.6 is 0 Å². The summed E-state index contributed by atoms with van der Waals surface area (Å²) in [7, 11) is 2.55. The summed E-state index contributed by atoms with van der Waals surface area (Å²) in [5.74, 6) is -0.374. The Morgan fingerprint density at radius 3 is 2.71 bits per heavy atom. The number of pyridine rings is 1. The minimum absolute atomic E-state index is 0.0242. The van der Waals surface area contributed by atoms with Crippen LogP contribution in [0, 0.1) is 0 Å². The molecule has 1 rings (SSSR count). The SMILES string of the molecule is COC(=O)c1ccc(NCC(F)F)nc1OC. The number of alkyl halides is 2. The van der Waals surface area contributed by atoms with E-state index in [1.807, 2.05) is 0 Å². The van der Waals surface area contributed by atoms with Crippen molar-refractivity contribution < 1.29 is 23.0 Å². The van der Waals surface area contributed by atoms with Crippen LogP contribution in [0.2, 0.25) is 0 Å². The monoisotopic (exact) mass is 246 g/mol. The maximum absolute atomic E-state index is 12.0. The second-order valence-electron chi connectivity index (χ2n) is 3.02. The van der Waals surface area contributed by atoms with Gasteiger partial charge >= 0.3 is 5.97 Å². The van der Waals surface area contributed by atoms with Crippen LogP contribution in [0.5, 0.6) is 5.88 Å². The van der Waals surface area contributed by atoms with Gasteiger partial charge in [0.2, 0.25) is 5.88 Å². The summed E-state index contributed by atoms with van der Waals surface area (Å²) in [6.07, 6.45) is -2.48. The van der Waals surface area contributed by atoms with Gasteiger partial charge in [0.25, 0.3) is 6.43 Å². The number of nitrogens with zero attached hydrogens (tertiary/aromatic N) is 1. The van der Waals surface area contributed by atoms with Crippen molar-refractivity contribution in [1.82, 2.24) is 4.98 Å². The Hall–Kier alpha value is -1.92. The summed E-state index contributed by atoms with van der Waals surface area (Å²) in [6.45, 7) is -0.520. The third-order valence-electron chi connectivity index (χ3n) is 1.90. The van der Waals surface area contributed by atoms with Crippen LogP contribution in [0.3, 0.4) is 0 Å². The molecule has 0 amide bonds. The maximum Gasteiger partial charge on any atom is 0.343 e. The molecule has 1 N–H and O–H groups in total. The average molecular weight is 246 g/mol. The average Bonchev–Trinajstić information content (AvgIpc) is 2.34. The maximum atomic E-state index is 12.0. The minimum atomic E-state index is -2.48. The van der Waals surface area contributed by atoms with Gasteiger partial charge in [-0.3, -0.25) is 0 Å². The van der Waals surface area contributed by atoms with Gasteiger partial charge in [-0.1, -0.05) is 0 Å². The fraction of sp³-hybridized carbons (Fsp3) is 0.400. The van der Waals surface area contributed by atoms with E-state index in [1.165, 1.54) is 26.4 Å². The number of hydrogen-bond donors (Lipinski definition) is 1. The quantitative estimate of drug-likeness (QED) is 0.799. The molecule has 0 unspecified atom stereocenters. The second-order valence-corrected chi connectivity index (χ2v) is 3.02. The lowest BCUT2D eigenvalue weighted by Crippen LogP contribution is -2.12. The van der Waals surface area contributed by atoms with Crippen molar-refractivity contribution in [3.05, 3.63) is 17.7 Å². The van der Waals surface area contributed by atoms with Crippen LogP contribution in [0.1, 0.15) is 10.4 Å². The zero-order chi connectivity index (χ0) is 12.8. The standard InChI is InChI=1S/C10H12F2N2O3/c1-16-9-6(10(15)17-2)3-4-8(14-9)13-5-7(11)12/h3-4,7H,5H2,1-2H3,(H,13,14). The molecule has 1 aromatic heterocycles. The van der Waals surface area contributed by atoms with E-state index >= 15 is 0 Å². The predicted molar refractivity (Wildman–Crippen MR) is 56.6 cm³/mol. The summed E-state index contributed by atoms with van der Waals surface area (Å²) in [6, 6.07) is 2.79. The van der Waals surface area contributed by atoms with Gasteiger partial charge in [-0.2, -0.15) is 4.98 Å². The summed E-state index contributed by atoms with van der Waals surface area (Å²) in [5, 5.41) is 2.41. The van der Waals surface area contributed by atoms with E-state index in [2.05, 4.69) is 15.0 Å². The number of ether oxygens (including phenoxy) is 2. The Balaban J connectivity index is 2.88. The van der Waals surface area contributed by atoms with Crippen molar-refractivity contribution in [3.8, 4) is 5.88 Å². The number of carbonyl (C=O) groups excluding carboxylic acids is 1. The number of hydrogen-bond acceptors (Lipinski definition) is 5. The first-order chi connectivity index (χ1) is 8.08. The van der Waals surface area contributed by atoms with Crippen LogP contribution in [0.25, 0.3) is 0 Å². The van der Waals surface area contributed by atoms with Crippen LogP contribution < -0.4 is 10.1 Å². The molecular formula is C10H12F2N2O3. The third kappa shape index (κ3) is 3.54. The largest absolute Gasteiger partial charge is 0.480 e. The zero-order valence-electron chi connectivity index (χ0n) is 9.37. The number of aromatic nitrogens is 1. The molecule has 0 aliphatic carbocycles. The first kappa shape index (κ1) is 13.1. The van der Waals surface area contributed by atoms with Gasteiger partial charge in [0.05, 0.1) is 20.8 Å². The molecule has 0 aromatic carbocycles. The Labute approximate surface area is 96.7 Å². The molecule has 94 valence electrons. The van der Waals surface area contributed by atoms with Crippen LogP contribution in [0.15, 0.2) is 12.1 Å². The van der Waals surface area contributed by atoms with Crippen LogP contribution in [0.4, 0.5) is 14.6 Å². The molecular weight excluding hydrogens is 234 g/mol. The lowest BCUT2D eigenvalue weighted by atomic mass is 10.2. The first-order valence-corrected chi connectivity index (χ1v) is 4.74. The number of esters is 1. The Morgan fingerprint density at radius 1 is 1.47 bits per heavy atom. The van der Waals surface area contributed by atoms with Crippen LogP contribution in [-0.2, 0) is 4.74 Å². The predicted octanol–water partition coefficient (Wildman–Crippen LogP) is 1.55. The number of halogens is 2. The summed E-state index contributed by atoms with van der Waals surface area (Å²) in [4.78, 5) is 15.2. The van der Waals surface area contributed by atoms with E-state index < -0.39 is 18.9 Å². The summed E-state index contributed by atoms with van der Waals surface area (Å²) >= 11 is 0. The zero-order valence-corrected chi connectivity index (χ0v) is 9.37. The van der Waals surface area contributed by atoms with E-state index in [-0.39, 0.29) is 17.3 Å². The fourth-order valence-corrected chi connectivity index (χ4v) is 1.14. The molecule has 1 heterocycles. The molecule has 5 nitrogen and oxygen atoms in total. The van der Waals surface area contributed by atoms with Gasteiger partial charge in [0.1, 0.15) is 11.4 Å².